The minimum atomic E-state index is 0.727. The van der Waals surface area contributed by atoms with Crippen molar-refractivity contribution in [2.24, 2.45) is 22.0 Å². The molecule has 0 spiro atoms. The molecule has 1 fully saturated rings. The molecule has 0 saturated heterocycles. The maximum Gasteiger partial charge on any atom is 0.0598 e. The standard InChI is InChI=1S/C10H18N2Si/c13-10-9-6-4-2-1-3-5-8(9)7-11-12-10/h7-9H,1-6H2,13H3. The predicted octanol–water partition coefficient (Wildman–Crippen LogP) is 1.34. The molecule has 3 heteroatoms. The summed E-state index contributed by atoms with van der Waals surface area (Å²) >= 11 is 0. The van der Waals surface area contributed by atoms with Crippen LogP contribution in [0.1, 0.15) is 38.5 Å². The predicted molar refractivity (Wildman–Crippen MR) is 60.5 cm³/mol. The number of hydrogen-bond acceptors (Lipinski definition) is 2. The lowest BCUT2D eigenvalue weighted by molar-refractivity contribution is 0.399. The summed E-state index contributed by atoms with van der Waals surface area (Å²) in [5.74, 6) is 1.50. The van der Waals surface area contributed by atoms with Crippen molar-refractivity contribution in [2.75, 3.05) is 0 Å². The summed E-state index contributed by atoms with van der Waals surface area (Å²) in [5.41, 5.74) is 0. The normalized spacial score (nSPS) is 34.6. The van der Waals surface area contributed by atoms with E-state index in [1.165, 1.54) is 43.9 Å². The van der Waals surface area contributed by atoms with Crippen LogP contribution in [0.4, 0.5) is 0 Å². The zero-order chi connectivity index (χ0) is 9.10. The van der Waals surface area contributed by atoms with Gasteiger partial charge in [0.25, 0.3) is 0 Å². The molecular weight excluding hydrogens is 176 g/mol. The molecule has 2 atom stereocenters. The number of nitrogens with zero attached hydrogens (tertiary/aromatic N) is 2. The van der Waals surface area contributed by atoms with Crippen LogP contribution in [-0.4, -0.2) is 21.8 Å². The van der Waals surface area contributed by atoms with Crippen molar-refractivity contribution in [1.29, 1.82) is 0 Å². The zero-order valence-corrected chi connectivity index (χ0v) is 10.4. The van der Waals surface area contributed by atoms with E-state index in [2.05, 4.69) is 16.4 Å². The van der Waals surface area contributed by atoms with Gasteiger partial charge in [0.2, 0.25) is 0 Å². The quantitative estimate of drug-likeness (QED) is 0.520. The average molecular weight is 194 g/mol. The van der Waals surface area contributed by atoms with Crippen molar-refractivity contribution in [3.05, 3.63) is 0 Å². The Hall–Kier alpha value is -0.443. The highest BCUT2D eigenvalue weighted by Gasteiger charge is 2.25. The first-order valence-corrected chi connectivity index (χ1v) is 6.45. The molecule has 2 unspecified atom stereocenters. The van der Waals surface area contributed by atoms with E-state index in [4.69, 9.17) is 0 Å². The van der Waals surface area contributed by atoms with Crippen molar-refractivity contribution < 1.29 is 0 Å². The van der Waals surface area contributed by atoms with Crippen LogP contribution >= 0.6 is 0 Å². The Morgan fingerprint density at radius 3 is 2.77 bits per heavy atom. The molecule has 1 aliphatic carbocycles. The first-order chi connectivity index (χ1) is 6.38. The molecule has 0 aromatic carbocycles. The van der Waals surface area contributed by atoms with E-state index in [1.807, 2.05) is 0 Å². The number of hydrogen-bond donors (Lipinski definition) is 0. The third kappa shape index (κ3) is 2.07. The summed E-state index contributed by atoms with van der Waals surface area (Å²) in [6.45, 7) is 0. The SMILES string of the molecule is [SiH3]C1=NN=CC2CCCCCCC12. The summed E-state index contributed by atoms with van der Waals surface area (Å²) in [6, 6.07) is 0. The fraction of sp³-hybridized carbons (Fsp3) is 0.800. The fourth-order valence-corrected chi connectivity index (χ4v) is 3.33. The topological polar surface area (TPSA) is 24.7 Å². The van der Waals surface area contributed by atoms with Gasteiger partial charge in [-0.1, -0.05) is 25.7 Å². The van der Waals surface area contributed by atoms with Crippen LogP contribution in [-0.2, 0) is 0 Å². The van der Waals surface area contributed by atoms with Gasteiger partial charge in [-0.15, -0.1) is 0 Å². The highest BCUT2D eigenvalue weighted by atomic mass is 28.1. The van der Waals surface area contributed by atoms with Crippen LogP contribution < -0.4 is 0 Å². The van der Waals surface area contributed by atoms with Crippen molar-refractivity contribution in [2.45, 2.75) is 38.5 Å². The van der Waals surface area contributed by atoms with Gasteiger partial charge in [0.05, 0.1) is 10.2 Å². The Morgan fingerprint density at radius 2 is 1.92 bits per heavy atom. The van der Waals surface area contributed by atoms with Crippen LogP contribution in [0.15, 0.2) is 10.2 Å². The molecule has 2 nitrogen and oxygen atoms in total. The van der Waals surface area contributed by atoms with Gasteiger partial charge in [-0.05, 0) is 12.8 Å². The van der Waals surface area contributed by atoms with Crippen LogP contribution in [0, 0.1) is 11.8 Å². The van der Waals surface area contributed by atoms with Gasteiger partial charge >= 0.3 is 0 Å². The van der Waals surface area contributed by atoms with E-state index in [0.717, 1.165) is 22.1 Å². The lowest BCUT2D eigenvalue weighted by Crippen LogP contribution is -2.28. The first kappa shape index (κ1) is 9.13. The van der Waals surface area contributed by atoms with E-state index >= 15 is 0 Å². The molecule has 1 aliphatic heterocycles. The average Bonchev–Trinajstić information content (AvgIpc) is 2.07. The van der Waals surface area contributed by atoms with Gasteiger partial charge in [-0.2, -0.15) is 10.2 Å². The van der Waals surface area contributed by atoms with E-state index in [-0.39, 0.29) is 0 Å². The van der Waals surface area contributed by atoms with E-state index in [1.54, 1.807) is 0 Å². The van der Waals surface area contributed by atoms with Crippen LogP contribution in [0.3, 0.4) is 0 Å². The molecule has 0 amide bonds. The maximum absolute atomic E-state index is 4.23. The highest BCUT2D eigenvalue weighted by molar-refractivity contribution is 6.60. The van der Waals surface area contributed by atoms with Crippen molar-refractivity contribution in [3.63, 3.8) is 0 Å². The third-order valence-corrected chi connectivity index (χ3v) is 4.27. The van der Waals surface area contributed by atoms with E-state index in [0.29, 0.717) is 0 Å². The molecule has 0 radical (unpaired) electrons. The first-order valence-electron chi connectivity index (χ1n) is 5.45. The Balaban J connectivity index is 2.08. The monoisotopic (exact) mass is 194 g/mol. The molecule has 1 heterocycles. The summed E-state index contributed by atoms with van der Waals surface area (Å²) in [7, 11) is 1.10. The fourth-order valence-electron chi connectivity index (χ4n) is 2.49. The van der Waals surface area contributed by atoms with Gasteiger partial charge in [-0.3, -0.25) is 0 Å². The van der Waals surface area contributed by atoms with Crippen molar-refractivity contribution >= 4 is 21.8 Å². The lowest BCUT2D eigenvalue weighted by atomic mass is 9.82. The second-order valence-corrected chi connectivity index (χ2v) is 5.29. The van der Waals surface area contributed by atoms with Gasteiger partial charge in [0.15, 0.2) is 0 Å². The second kappa shape index (κ2) is 4.18. The zero-order valence-electron chi connectivity index (χ0n) is 8.37. The molecule has 0 bridgehead atoms. The van der Waals surface area contributed by atoms with E-state index < -0.39 is 0 Å². The smallest absolute Gasteiger partial charge is 0.0598 e. The van der Waals surface area contributed by atoms with Crippen LogP contribution in [0.25, 0.3) is 0 Å². The molecule has 0 aromatic heterocycles. The minimum Gasteiger partial charge on any atom is -0.166 e. The lowest BCUT2D eigenvalue weighted by Gasteiger charge is -2.28. The molecule has 2 rings (SSSR count). The van der Waals surface area contributed by atoms with Gasteiger partial charge in [0, 0.05) is 23.4 Å². The highest BCUT2D eigenvalue weighted by Crippen LogP contribution is 2.29. The molecule has 72 valence electrons. The maximum atomic E-state index is 4.23. The molecular formula is C10H18N2Si. The summed E-state index contributed by atoms with van der Waals surface area (Å²) in [5, 5.41) is 9.74. The van der Waals surface area contributed by atoms with Crippen LogP contribution in [0.5, 0.6) is 0 Å². The van der Waals surface area contributed by atoms with E-state index in [9.17, 15) is 0 Å². The number of fused-ring (bicyclic) bond motifs is 1. The largest absolute Gasteiger partial charge is 0.166 e. The Labute approximate surface area is 82.9 Å². The summed E-state index contributed by atoms with van der Waals surface area (Å²) < 4.78 is 0. The molecule has 0 N–H and O–H groups in total. The molecule has 13 heavy (non-hydrogen) atoms. The molecule has 0 aromatic rings. The number of rotatable bonds is 0. The summed E-state index contributed by atoms with van der Waals surface area (Å²) in [4.78, 5) is 0. The Kier molecular flexibility index (Phi) is 2.93. The van der Waals surface area contributed by atoms with Crippen LogP contribution in [0.2, 0.25) is 0 Å². The molecule has 2 aliphatic rings. The van der Waals surface area contributed by atoms with Gasteiger partial charge < -0.3 is 0 Å². The van der Waals surface area contributed by atoms with Gasteiger partial charge in [0.1, 0.15) is 0 Å². The minimum absolute atomic E-state index is 0.727. The molecule has 1 saturated carbocycles. The Morgan fingerprint density at radius 1 is 1.15 bits per heavy atom. The summed E-state index contributed by atoms with van der Waals surface area (Å²) in [6.07, 6.45) is 10.4. The van der Waals surface area contributed by atoms with Crippen molar-refractivity contribution in [3.8, 4) is 0 Å². The van der Waals surface area contributed by atoms with Crippen molar-refractivity contribution in [1.82, 2.24) is 0 Å². The second-order valence-electron chi connectivity index (χ2n) is 4.27. The third-order valence-electron chi connectivity index (χ3n) is 3.33. The van der Waals surface area contributed by atoms with Gasteiger partial charge in [-0.25, -0.2) is 0 Å². The Bertz CT molecular complexity index is 235.